The summed E-state index contributed by atoms with van der Waals surface area (Å²) in [5, 5.41) is -0.442. The Kier molecular flexibility index (Phi) is 6.32. The Morgan fingerprint density at radius 2 is 2.00 bits per heavy atom. The highest BCUT2D eigenvalue weighted by Gasteiger charge is 2.38. The first kappa shape index (κ1) is 22.4. The van der Waals surface area contributed by atoms with Crippen molar-refractivity contribution in [1.82, 2.24) is 4.90 Å². The molecule has 6 nitrogen and oxygen atoms in total. The molecule has 1 atom stereocenters. The summed E-state index contributed by atoms with van der Waals surface area (Å²) in [5.74, 6) is -0.633. The summed E-state index contributed by atoms with van der Waals surface area (Å²) in [7, 11) is 0. The molecule has 2 aliphatic rings. The minimum absolute atomic E-state index is 0.0882. The molecule has 2 aliphatic heterocycles. The number of hydrogen-bond donors (Lipinski definition) is 0. The Bertz CT molecular complexity index is 922. The van der Waals surface area contributed by atoms with E-state index in [1.807, 2.05) is 6.92 Å². The largest absolute Gasteiger partial charge is 0.465 e. The van der Waals surface area contributed by atoms with Gasteiger partial charge in [-0.25, -0.2) is 0 Å². The van der Waals surface area contributed by atoms with Crippen molar-refractivity contribution >= 4 is 40.6 Å². The maximum absolute atomic E-state index is 12.7. The maximum atomic E-state index is 12.7. The summed E-state index contributed by atoms with van der Waals surface area (Å²) in [4.78, 5) is 40.4. The molecular weight excluding hydrogens is 400 g/mol. The molecule has 0 aliphatic carbocycles. The zero-order valence-electron chi connectivity index (χ0n) is 18.6. The maximum Gasteiger partial charge on any atom is 0.326 e. The first-order valence-corrected chi connectivity index (χ1v) is 11.2. The van der Waals surface area contributed by atoms with Crippen LogP contribution in [-0.2, 0) is 14.3 Å². The molecular formula is C23H30N2O4S. The summed E-state index contributed by atoms with van der Waals surface area (Å²) in [6.45, 7) is 13.5. The van der Waals surface area contributed by atoms with E-state index in [1.54, 1.807) is 13.0 Å². The molecule has 2 heterocycles. The number of esters is 1. The normalized spacial score (nSPS) is 21.9. The number of rotatable bonds is 5. The van der Waals surface area contributed by atoms with Gasteiger partial charge in [0.2, 0.25) is 0 Å². The summed E-state index contributed by atoms with van der Waals surface area (Å²) < 4.78 is 4.87. The molecule has 1 saturated heterocycles. The van der Waals surface area contributed by atoms with Crippen molar-refractivity contribution < 1.29 is 19.1 Å². The summed E-state index contributed by atoms with van der Waals surface area (Å²) in [5.41, 5.74) is 4.57. The van der Waals surface area contributed by atoms with Crippen molar-refractivity contribution in [3.63, 3.8) is 0 Å². The van der Waals surface area contributed by atoms with E-state index in [-0.39, 0.29) is 18.7 Å². The highest BCUT2D eigenvalue weighted by Crippen LogP contribution is 2.44. The predicted octanol–water partition coefficient (Wildman–Crippen LogP) is 4.71. The standard InChI is InChI=1S/C23H30N2O4S/c1-7-25-18-9-14(3)16(10-17(18)15(4)12-23(25,5)6)11-19-21(27)24(22(28)30-19)13-20(26)29-8-2/h9-11,15H,7-8,12-13H2,1-6H3/b19-11+/t15-/m1/s1. The number of amides is 2. The van der Waals surface area contributed by atoms with Crippen LogP contribution >= 0.6 is 11.8 Å². The molecule has 1 aromatic rings. The van der Waals surface area contributed by atoms with Gasteiger partial charge in [0.1, 0.15) is 6.54 Å². The lowest BCUT2D eigenvalue weighted by atomic mass is 9.79. The van der Waals surface area contributed by atoms with Gasteiger partial charge in [-0.15, -0.1) is 0 Å². The van der Waals surface area contributed by atoms with Gasteiger partial charge < -0.3 is 9.64 Å². The van der Waals surface area contributed by atoms with Crippen molar-refractivity contribution in [2.24, 2.45) is 0 Å². The quantitative estimate of drug-likeness (QED) is 0.498. The number of imide groups is 1. The van der Waals surface area contributed by atoms with E-state index in [9.17, 15) is 14.4 Å². The van der Waals surface area contributed by atoms with E-state index < -0.39 is 17.1 Å². The van der Waals surface area contributed by atoms with Crippen LogP contribution in [0, 0.1) is 6.92 Å². The zero-order chi connectivity index (χ0) is 22.2. The minimum Gasteiger partial charge on any atom is -0.465 e. The van der Waals surface area contributed by atoms with Crippen LogP contribution < -0.4 is 4.90 Å². The zero-order valence-corrected chi connectivity index (χ0v) is 19.4. The van der Waals surface area contributed by atoms with E-state index in [4.69, 9.17) is 4.74 Å². The smallest absolute Gasteiger partial charge is 0.326 e. The molecule has 0 saturated carbocycles. The van der Waals surface area contributed by atoms with Gasteiger partial charge in [-0.1, -0.05) is 6.92 Å². The number of ether oxygens (including phenoxy) is 1. The number of fused-ring (bicyclic) bond motifs is 1. The molecule has 0 N–H and O–H groups in total. The van der Waals surface area contributed by atoms with Crippen molar-refractivity contribution in [3.05, 3.63) is 33.7 Å². The molecule has 0 bridgehead atoms. The third-order valence-electron chi connectivity index (χ3n) is 5.84. The number of benzene rings is 1. The van der Waals surface area contributed by atoms with E-state index in [0.29, 0.717) is 10.8 Å². The Morgan fingerprint density at radius 3 is 2.63 bits per heavy atom. The molecule has 7 heteroatoms. The fraction of sp³-hybridized carbons (Fsp3) is 0.522. The molecule has 162 valence electrons. The minimum atomic E-state index is -0.581. The topological polar surface area (TPSA) is 66.9 Å². The summed E-state index contributed by atoms with van der Waals surface area (Å²) in [6, 6.07) is 4.33. The fourth-order valence-corrected chi connectivity index (χ4v) is 5.35. The number of hydrogen-bond acceptors (Lipinski definition) is 6. The number of carbonyl (C=O) groups is 3. The fourth-order valence-electron chi connectivity index (χ4n) is 4.52. The van der Waals surface area contributed by atoms with Gasteiger partial charge in [0.25, 0.3) is 11.1 Å². The lowest BCUT2D eigenvalue weighted by molar-refractivity contribution is -0.145. The monoisotopic (exact) mass is 430 g/mol. The lowest BCUT2D eigenvalue weighted by Crippen LogP contribution is -2.48. The van der Waals surface area contributed by atoms with Crippen LogP contribution in [0.5, 0.6) is 0 Å². The van der Waals surface area contributed by atoms with Crippen LogP contribution in [0.2, 0.25) is 0 Å². The second-order valence-electron chi connectivity index (χ2n) is 8.50. The van der Waals surface area contributed by atoms with E-state index in [1.165, 1.54) is 11.3 Å². The first-order valence-electron chi connectivity index (χ1n) is 10.4. The third-order valence-corrected chi connectivity index (χ3v) is 6.75. The molecule has 1 aromatic carbocycles. The Labute approximate surface area is 182 Å². The molecule has 2 amide bonds. The Morgan fingerprint density at radius 1 is 1.30 bits per heavy atom. The highest BCUT2D eigenvalue weighted by molar-refractivity contribution is 8.18. The van der Waals surface area contributed by atoms with E-state index in [2.05, 4.69) is 44.7 Å². The number of aryl methyl sites for hydroxylation is 1. The molecule has 0 aromatic heterocycles. The van der Waals surface area contributed by atoms with Gasteiger partial charge in [-0.2, -0.15) is 0 Å². The predicted molar refractivity (Wildman–Crippen MR) is 121 cm³/mol. The second-order valence-corrected chi connectivity index (χ2v) is 9.50. The van der Waals surface area contributed by atoms with Crippen LogP contribution in [0.3, 0.4) is 0 Å². The Hall–Kier alpha value is -2.28. The first-order chi connectivity index (χ1) is 14.1. The van der Waals surface area contributed by atoms with Crippen molar-refractivity contribution in [2.45, 2.75) is 59.4 Å². The second kappa shape index (κ2) is 8.46. The van der Waals surface area contributed by atoms with Crippen LogP contribution in [0.15, 0.2) is 17.0 Å². The van der Waals surface area contributed by atoms with Crippen LogP contribution in [-0.4, -0.2) is 47.3 Å². The molecule has 3 rings (SSSR count). The molecule has 1 fully saturated rings. The molecule has 0 unspecified atom stereocenters. The van der Waals surface area contributed by atoms with Gasteiger partial charge in [-0.3, -0.25) is 19.3 Å². The number of nitrogens with zero attached hydrogens (tertiary/aromatic N) is 2. The summed E-state index contributed by atoms with van der Waals surface area (Å²) >= 11 is 0.869. The van der Waals surface area contributed by atoms with Crippen LogP contribution in [0.4, 0.5) is 10.5 Å². The Balaban J connectivity index is 1.94. The summed E-state index contributed by atoms with van der Waals surface area (Å²) in [6.07, 6.45) is 2.82. The average molecular weight is 431 g/mol. The van der Waals surface area contributed by atoms with Gasteiger partial charge in [0.05, 0.1) is 11.5 Å². The van der Waals surface area contributed by atoms with Crippen LogP contribution in [0.25, 0.3) is 6.08 Å². The SMILES string of the molecule is CCOC(=O)CN1C(=O)S/C(=C/c2cc3c(cc2C)N(CC)C(C)(C)C[C@H]3C)C1=O. The third kappa shape index (κ3) is 4.13. The van der Waals surface area contributed by atoms with E-state index in [0.717, 1.165) is 40.8 Å². The average Bonchev–Trinajstić information content (AvgIpc) is 2.90. The van der Waals surface area contributed by atoms with Crippen molar-refractivity contribution in [1.29, 1.82) is 0 Å². The van der Waals surface area contributed by atoms with E-state index >= 15 is 0 Å². The lowest BCUT2D eigenvalue weighted by Gasteiger charge is -2.47. The van der Waals surface area contributed by atoms with Crippen LogP contribution in [0.1, 0.15) is 63.6 Å². The number of anilines is 1. The number of thioether (sulfide) groups is 1. The van der Waals surface area contributed by atoms with Crippen molar-refractivity contribution in [2.75, 3.05) is 24.6 Å². The number of carbonyl (C=O) groups excluding carboxylic acids is 3. The van der Waals surface area contributed by atoms with Gasteiger partial charge in [0.15, 0.2) is 0 Å². The van der Waals surface area contributed by atoms with Crippen molar-refractivity contribution in [3.8, 4) is 0 Å². The highest BCUT2D eigenvalue weighted by atomic mass is 32.2. The molecule has 30 heavy (non-hydrogen) atoms. The molecule has 0 radical (unpaired) electrons. The van der Waals surface area contributed by atoms with Gasteiger partial charge in [0, 0.05) is 17.8 Å². The van der Waals surface area contributed by atoms with Gasteiger partial charge in [-0.05, 0) is 93.6 Å². The van der Waals surface area contributed by atoms with Gasteiger partial charge >= 0.3 is 5.97 Å². The molecule has 0 spiro atoms.